The highest BCUT2D eigenvalue weighted by atomic mass is 16.7. The van der Waals surface area contributed by atoms with Gasteiger partial charge < -0.3 is 4.84 Å². The largest absolute Gasteiger partial charge is 0.429 e. The van der Waals surface area contributed by atoms with Crippen molar-refractivity contribution < 1.29 is 9.63 Å². The Balaban J connectivity index is 0.979. The maximum absolute atomic E-state index is 14.9. The van der Waals surface area contributed by atoms with Crippen LogP contribution in [0.25, 0.3) is 21.8 Å². The average molecular weight is 807 g/mol. The van der Waals surface area contributed by atoms with Gasteiger partial charge in [0.15, 0.2) is 0 Å². The third-order valence-electron chi connectivity index (χ3n) is 12.3. The quantitative estimate of drug-likeness (QED) is 0.129. The van der Waals surface area contributed by atoms with E-state index in [0.717, 1.165) is 94.2 Å². The van der Waals surface area contributed by atoms with Crippen LogP contribution in [0.5, 0.6) is 0 Å². The van der Waals surface area contributed by atoms with Crippen LogP contribution in [-0.2, 0) is 17.7 Å². The molecule has 61 heavy (non-hydrogen) atoms. The number of rotatable bonds is 11. The van der Waals surface area contributed by atoms with Gasteiger partial charge in [0, 0.05) is 74.1 Å². The van der Waals surface area contributed by atoms with E-state index in [1.807, 2.05) is 59.0 Å². The number of anilines is 2. The number of carbonyl (C=O) groups excluding carboxylic acids is 1. The van der Waals surface area contributed by atoms with E-state index in [0.29, 0.717) is 13.1 Å². The first-order valence-electron chi connectivity index (χ1n) is 21.6. The SMILES string of the molecule is CCCN(c1ccncc1)n1ccc2cc(C3c4ccccc4CCN3OC(=O)N3CCc4ccccc4C3c3ccc4c(ccn4N(CCC)c4ccncc4)c3)ccc21. The molecule has 4 aromatic heterocycles. The van der Waals surface area contributed by atoms with Crippen LogP contribution in [0, 0.1) is 0 Å². The van der Waals surface area contributed by atoms with E-state index in [1.54, 1.807) is 0 Å². The second-order valence-electron chi connectivity index (χ2n) is 16.0. The van der Waals surface area contributed by atoms with Gasteiger partial charge in [-0.25, -0.2) is 4.79 Å². The van der Waals surface area contributed by atoms with E-state index in [4.69, 9.17) is 4.84 Å². The summed E-state index contributed by atoms with van der Waals surface area (Å²) in [6.07, 6.45) is 14.8. The van der Waals surface area contributed by atoms with Gasteiger partial charge >= 0.3 is 6.09 Å². The van der Waals surface area contributed by atoms with Crippen LogP contribution in [-0.4, -0.2) is 61.6 Å². The van der Waals surface area contributed by atoms with Gasteiger partial charge in [0.1, 0.15) is 0 Å². The summed E-state index contributed by atoms with van der Waals surface area (Å²) in [6.45, 7) is 7.24. The smallest absolute Gasteiger partial charge is 0.350 e. The molecule has 6 heterocycles. The van der Waals surface area contributed by atoms with Crippen molar-refractivity contribution in [3.05, 3.63) is 192 Å². The molecule has 2 aliphatic heterocycles. The minimum absolute atomic E-state index is 0.272. The Labute approximate surface area is 356 Å². The summed E-state index contributed by atoms with van der Waals surface area (Å²) in [6, 6.07) is 42.3. The molecule has 2 aliphatic rings. The minimum atomic E-state index is -0.340. The van der Waals surface area contributed by atoms with Gasteiger partial charge in [-0.2, -0.15) is 0 Å². The number of carbonyl (C=O) groups is 1. The van der Waals surface area contributed by atoms with Gasteiger partial charge in [-0.05, 0) is 120 Å². The van der Waals surface area contributed by atoms with Gasteiger partial charge in [-0.3, -0.25) is 34.2 Å². The Morgan fingerprint density at radius 3 is 1.64 bits per heavy atom. The fourth-order valence-electron chi connectivity index (χ4n) is 9.50. The fourth-order valence-corrected chi connectivity index (χ4v) is 9.50. The molecule has 0 saturated carbocycles. The molecule has 4 aromatic carbocycles. The zero-order chi connectivity index (χ0) is 41.3. The molecule has 1 amide bonds. The molecule has 0 saturated heterocycles. The number of hydrogen-bond donors (Lipinski definition) is 0. The maximum Gasteiger partial charge on any atom is 0.429 e. The molecule has 0 radical (unpaired) electrons. The van der Waals surface area contributed by atoms with E-state index in [-0.39, 0.29) is 18.2 Å². The van der Waals surface area contributed by atoms with Crippen LogP contribution in [0.15, 0.2) is 159 Å². The van der Waals surface area contributed by atoms with Crippen LogP contribution in [0.2, 0.25) is 0 Å². The van der Waals surface area contributed by atoms with E-state index >= 15 is 0 Å². The first-order chi connectivity index (χ1) is 30.1. The number of pyridine rings is 2. The summed E-state index contributed by atoms with van der Waals surface area (Å²) in [5, 5.41) is 8.73. The number of fused-ring (bicyclic) bond motifs is 4. The van der Waals surface area contributed by atoms with Crippen LogP contribution >= 0.6 is 0 Å². The highest BCUT2D eigenvalue weighted by molar-refractivity contribution is 5.83. The van der Waals surface area contributed by atoms with Crippen molar-refractivity contribution in [3.63, 3.8) is 0 Å². The van der Waals surface area contributed by atoms with E-state index in [9.17, 15) is 4.79 Å². The summed E-state index contributed by atoms with van der Waals surface area (Å²) >= 11 is 0. The van der Waals surface area contributed by atoms with Crippen LogP contribution in [0.1, 0.15) is 72.2 Å². The van der Waals surface area contributed by atoms with Gasteiger partial charge in [0.2, 0.25) is 0 Å². The maximum atomic E-state index is 14.9. The molecular weight excluding hydrogens is 757 g/mol. The summed E-state index contributed by atoms with van der Waals surface area (Å²) in [5.74, 6) is 0. The van der Waals surface area contributed by atoms with Crippen molar-refractivity contribution in [1.29, 1.82) is 0 Å². The molecule has 10 nitrogen and oxygen atoms in total. The molecule has 306 valence electrons. The lowest BCUT2D eigenvalue weighted by molar-refractivity contribution is -0.139. The molecule has 8 aromatic rings. The summed E-state index contributed by atoms with van der Waals surface area (Å²) < 4.78 is 4.45. The first-order valence-corrected chi connectivity index (χ1v) is 21.6. The second-order valence-corrected chi connectivity index (χ2v) is 16.0. The Bertz CT molecular complexity index is 2800. The number of benzene rings is 4. The lowest BCUT2D eigenvalue weighted by Crippen LogP contribution is -2.46. The molecule has 0 bridgehead atoms. The predicted molar refractivity (Wildman–Crippen MR) is 242 cm³/mol. The standard InChI is InChI=1S/C51H50N8O2/c1-3-29-55(43-17-25-52-26-18-43)57-32-22-39-35-41(13-15-47(39)57)49-45-11-7-5-9-37(45)21-31-54(49)51(60)61-59-34-24-38-10-6-8-12-46(38)50(59)42-14-16-48-40(36-42)23-33-58(48)56(30-4-2)44-19-27-53-28-20-44/h5-20,22-23,25-28,32-33,35-36,49-50H,3-4,21,24,29-31,34H2,1-2H3. The normalized spacial score (nSPS) is 16.3. The van der Waals surface area contributed by atoms with Crippen molar-refractivity contribution >= 4 is 39.3 Å². The third-order valence-corrected chi connectivity index (χ3v) is 12.3. The summed E-state index contributed by atoms with van der Waals surface area (Å²) in [5.41, 5.74) is 11.3. The lowest BCUT2D eigenvalue weighted by Gasteiger charge is -2.40. The average Bonchev–Trinajstić information content (AvgIpc) is 3.94. The topological polar surface area (TPSA) is 74.9 Å². The van der Waals surface area contributed by atoms with Crippen molar-refractivity contribution in [1.82, 2.24) is 29.3 Å². The van der Waals surface area contributed by atoms with Gasteiger partial charge in [0.25, 0.3) is 0 Å². The van der Waals surface area contributed by atoms with Crippen LogP contribution < -0.4 is 10.0 Å². The van der Waals surface area contributed by atoms with E-state index in [2.05, 4.69) is 153 Å². The molecule has 2 unspecified atom stereocenters. The number of amides is 1. The molecule has 0 spiro atoms. The highest BCUT2D eigenvalue weighted by Crippen LogP contribution is 2.40. The third kappa shape index (κ3) is 7.16. The van der Waals surface area contributed by atoms with Gasteiger partial charge in [0.05, 0.1) is 34.5 Å². The molecule has 2 atom stereocenters. The number of nitrogens with zero attached hydrogens (tertiary/aromatic N) is 8. The monoisotopic (exact) mass is 806 g/mol. The van der Waals surface area contributed by atoms with Crippen molar-refractivity contribution in [2.45, 2.75) is 51.6 Å². The van der Waals surface area contributed by atoms with Crippen molar-refractivity contribution in [3.8, 4) is 0 Å². The number of hydroxylamine groups is 2. The molecular formula is C51H50N8O2. The predicted octanol–water partition coefficient (Wildman–Crippen LogP) is 10.4. The summed E-state index contributed by atoms with van der Waals surface area (Å²) in [4.78, 5) is 31.9. The lowest BCUT2D eigenvalue weighted by atomic mass is 9.88. The van der Waals surface area contributed by atoms with Crippen LogP contribution in [0.3, 0.4) is 0 Å². The second kappa shape index (κ2) is 16.6. The van der Waals surface area contributed by atoms with Crippen LogP contribution in [0.4, 0.5) is 16.2 Å². The zero-order valence-electron chi connectivity index (χ0n) is 34.7. The Morgan fingerprint density at radius 1 is 0.607 bits per heavy atom. The van der Waals surface area contributed by atoms with Gasteiger partial charge in [-0.1, -0.05) is 74.5 Å². The van der Waals surface area contributed by atoms with Crippen molar-refractivity contribution in [2.75, 3.05) is 36.2 Å². The van der Waals surface area contributed by atoms with E-state index in [1.165, 1.54) is 11.1 Å². The van der Waals surface area contributed by atoms with Crippen molar-refractivity contribution in [2.24, 2.45) is 0 Å². The molecule has 0 fully saturated rings. The van der Waals surface area contributed by atoms with E-state index < -0.39 is 0 Å². The highest BCUT2D eigenvalue weighted by Gasteiger charge is 2.38. The zero-order valence-corrected chi connectivity index (χ0v) is 34.7. The van der Waals surface area contributed by atoms with Gasteiger partial charge in [-0.15, -0.1) is 5.06 Å². The molecule has 0 N–H and O–H groups in total. The molecule has 10 rings (SSSR count). The number of hydrogen-bond acceptors (Lipinski definition) is 7. The summed E-state index contributed by atoms with van der Waals surface area (Å²) in [7, 11) is 0. The fraction of sp³-hybridized carbons (Fsp3) is 0.235. The molecule has 0 aliphatic carbocycles. The Morgan fingerprint density at radius 2 is 1.10 bits per heavy atom. The number of aromatic nitrogens is 4. The first kappa shape index (κ1) is 38.3. The molecule has 10 heteroatoms. The Hall–Kier alpha value is -6.91. The Kier molecular flexibility index (Phi) is 10.4. The minimum Gasteiger partial charge on any atom is -0.350 e.